The van der Waals surface area contributed by atoms with E-state index in [-0.39, 0.29) is 22.1 Å². The van der Waals surface area contributed by atoms with Crippen molar-refractivity contribution in [1.29, 1.82) is 0 Å². The van der Waals surface area contributed by atoms with Gasteiger partial charge in [-0.3, -0.25) is 4.79 Å². The molecule has 1 unspecified atom stereocenters. The van der Waals surface area contributed by atoms with Crippen LogP contribution in [-0.2, 0) is 20.0 Å². The number of nitrogens with one attached hydrogen (secondary N) is 1. The van der Waals surface area contributed by atoms with E-state index in [2.05, 4.69) is 5.32 Å². The number of piperidine rings is 2. The lowest BCUT2D eigenvalue weighted by Crippen LogP contribution is -2.39. The molecule has 1 atom stereocenters. The predicted molar refractivity (Wildman–Crippen MR) is 135 cm³/mol. The minimum atomic E-state index is -3.65. The topological polar surface area (TPSA) is 104 Å². The van der Waals surface area contributed by atoms with Gasteiger partial charge in [0.25, 0.3) is 0 Å². The van der Waals surface area contributed by atoms with Crippen LogP contribution in [0.3, 0.4) is 0 Å². The molecule has 2 saturated heterocycles. The van der Waals surface area contributed by atoms with Gasteiger partial charge in [-0.1, -0.05) is 25.5 Å². The number of carbonyl (C=O) groups excluding carboxylic acids is 1. The second kappa shape index (κ2) is 10.8. The predicted octanol–water partition coefficient (Wildman–Crippen LogP) is 3.58. The van der Waals surface area contributed by atoms with Gasteiger partial charge in [-0.2, -0.15) is 8.61 Å². The summed E-state index contributed by atoms with van der Waals surface area (Å²) >= 11 is 0. The Hall–Kier alpha value is -2.27. The number of sulfonamides is 2. The number of nitrogens with zero attached hydrogens (tertiary/aromatic N) is 2. The van der Waals surface area contributed by atoms with Gasteiger partial charge < -0.3 is 5.32 Å². The lowest BCUT2D eigenvalue weighted by molar-refractivity contribution is 0.101. The highest BCUT2D eigenvalue weighted by molar-refractivity contribution is 7.89. The lowest BCUT2D eigenvalue weighted by Gasteiger charge is -2.30. The Labute approximate surface area is 208 Å². The zero-order chi connectivity index (χ0) is 25.1. The Kier molecular flexibility index (Phi) is 7.95. The van der Waals surface area contributed by atoms with E-state index in [1.54, 1.807) is 36.4 Å². The van der Waals surface area contributed by atoms with Crippen molar-refractivity contribution in [3.63, 3.8) is 0 Å². The highest BCUT2D eigenvalue weighted by atomic mass is 32.2. The standard InChI is InChI=1S/C25H33N3O5S2/c1-20-7-6-16-28(19-20)35(32,33)24-9-5-8-21(17-24)25(29)18-26-22-10-12-23(13-11-22)34(30,31)27-14-3-2-4-15-27/h5,8-13,17,20,26H,2-4,6-7,14-16,18-19H2,1H3. The van der Waals surface area contributed by atoms with Gasteiger partial charge in [-0.25, -0.2) is 16.8 Å². The Balaban J connectivity index is 1.40. The maximum Gasteiger partial charge on any atom is 0.243 e. The average molecular weight is 520 g/mol. The molecule has 8 nitrogen and oxygen atoms in total. The van der Waals surface area contributed by atoms with E-state index in [1.807, 2.05) is 6.92 Å². The zero-order valence-corrected chi connectivity index (χ0v) is 21.7. The third-order valence-corrected chi connectivity index (χ3v) is 10.4. The van der Waals surface area contributed by atoms with Crippen molar-refractivity contribution in [1.82, 2.24) is 8.61 Å². The number of hydrogen-bond acceptors (Lipinski definition) is 6. The number of anilines is 1. The molecule has 2 aromatic carbocycles. The third-order valence-electron chi connectivity index (χ3n) is 6.67. The summed E-state index contributed by atoms with van der Waals surface area (Å²) in [5.74, 6) is 0.0628. The molecule has 2 aliphatic rings. The third kappa shape index (κ3) is 5.94. The fourth-order valence-corrected chi connectivity index (χ4v) is 7.79. The first-order valence-electron chi connectivity index (χ1n) is 12.2. The van der Waals surface area contributed by atoms with E-state index in [9.17, 15) is 21.6 Å². The molecular formula is C25H33N3O5S2. The van der Waals surface area contributed by atoms with E-state index in [1.165, 1.54) is 20.7 Å². The highest BCUT2D eigenvalue weighted by Crippen LogP contribution is 2.25. The van der Waals surface area contributed by atoms with Crippen LogP contribution < -0.4 is 5.32 Å². The van der Waals surface area contributed by atoms with Crippen LogP contribution >= 0.6 is 0 Å². The van der Waals surface area contributed by atoms with Gasteiger partial charge >= 0.3 is 0 Å². The van der Waals surface area contributed by atoms with Gasteiger partial charge in [-0.15, -0.1) is 0 Å². The highest BCUT2D eigenvalue weighted by Gasteiger charge is 2.29. The second-order valence-corrected chi connectivity index (χ2v) is 13.3. The molecule has 190 valence electrons. The zero-order valence-electron chi connectivity index (χ0n) is 20.0. The minimum Gasteiger partial charge on any atom is -0.378 e. The van der Waals surface area contributed by atoms with Crippen molar-refractivity contribution in [3.8, 4) is 0 Å². The first kappa shape index (κ1) is 25.8. The van der Waals surface area contributed by atoms with Gasteiger partial charge in [0.05, 0.1) is 16.3 Å². The molecule has 2 heterocycles. The molecule has 0 aliphatic carbocycles. The summed E-state index contributed by atoms with van der Waals surface area (Å²) in [5.41, 5.74) is 0.926. The molecule has 35 heavy (non-hydrogen) atoms. The summed E-state index contributed by atoms with van der Waals surface area (Å²) in [4.78, 5) is 13.2. The number of Topliss-reactive ketones (excluding diaryl/α,β-unsaturated/α-hetero) is 1. The average Bonchev–Trinajstić information content (AvgIpc) is 2.88. The van der Waals surface area contributed by atoms with Crippen molar-refractivity contribution >= 4 is 31.5 Å². The smallest absolute Gasteiger partial charge is 0.243 e. The molecule has 0 amide bonds. The van der Waals surface area contributed by atoms with Gasteiger partial charge in [0.15, 0.2) is 5.78 Å². The van der Waals surface area contributed by atoms with Crippen LogP contribution in [0.4, 0.5) is 5.69 Å². The van der Waals surface area contributed by atoms with Crippen LogP contribution in [0.15, 0.2) is 58.3 Å². The molecule has 2 aliphatic heterocycles. The van der Waals surface area contributed by atoms with Crippen molar-refractivity contribution in [2.24, 2.45) is 5.92 Å². The quantitative estimate of drug-likeness (QED) is 0.535. The molecule has 2 aromatic rings. The summed E-state index contributed by atoms with van der Waals surface area (Å²) in [7, 11) is -7.15. The van der Waals surface area contributed by atoms with Crippen molar-refractivity contribution in [2.75, 3.05) is 38.0 Å². The number of benzene rings is 2. The van der Waals surface area contributed by atoms with Gasteiger partial charge in [0, 0.05) is 37.4 Å². The SMILES string of the molecule is CC1CCCN(S(=O)(=O)c2cccc(C(=O)CNc3ccc(S(=O)(=O)N4CCCCC4)cc3)c2)C1. The van der Waals surface area contributed by atoms with E-state index in [0.29, 0.717) is 43.3 Å². The minimum absolute atomic E-state index is 0.0392. The van der Waals surface area contributed by atoms with E-state index >= 15 is 0 Å². The summed E-state index contributed by atoms with van der Waals surface area (Å²) in [6, 6.07) is 12.5. The van der Waals surface area contributed by atoms with E-state index in [0.717, 1.165) is 32.1 Å². The van der Waals surface area contributed by atoms with Crippen LogP contribution in [0.25, 0.3) is 0 Å². The van der Waals surface area contributed by atoms with Gasteiger partial charge in [0.2, 0.25) is 20.0 Å². The second-order valence-electron chi connectivity index (χ2n) is 9.40. The van der Waals surface area contributed by atoms with Crippen LogP contribution in [0.1, 0.15) is 49.4 Å². The summed E-state index contributed by atoms with van der Waals surface area (Å²) in [5, 5.41) is 3.01. The van der Waals surface area contributed by atoms with Crippen LogP contribution in [0, 0.1) is 5.92 Å². The first-order chi connectivity index (χ1) is 16.7. The van der Waals surface area contributed by atoms with E-state index < -0.39 is 20.0 Å². The summed E-state index contributed by atoms with van der Waals surface area (Å²) < 4.78 is 54.7. The first-order valence-corrected chi connectivity index (χ1v) is 15.0. The Morgan fingerprint density at radius 3 is 2.20 bits per heavy atom. The Bertz CT molecular complexity index is 1250. The molecule has 1 N–H and O–H groups in total. The fourth-order valence-electron chi connectivity index (χ4n) is 4.63. The van der Waals surface area contributed by atoms with Crippen molar-refractivity contribution in [3.05, 3.63) is 54.1 Å². The lowest BCUT2D eigenvalue weighted by atomic mass is 10.0. The largest absolute Gasteiger partial charge is 0.378 e. The van der Waals surface area contributed by atoms with Gasteiger partial charge in [-0.05, 0) is 68.0 Å². The molecule has 2 fully saturated rings. The molecule has 10 heteroatoms. The molecule has 0 spiro atoms. The maximum atomic E-state index is 13.1. The molecule has 0 aromatic heterocycles. The number of carbonyl (C=O) groups is 1. The Morgan fingerprint density at radius 2 is 1.51 bits per heavy atom. The molecular weight excluding hydrogens is 486 g/mol. The molecule has 4 rings (SSSR count). The van der Waals surface area contributed by atoms with Crippen LogP contribution in [0.2, 0.25) is 0 Å². The summed E-state index contributed by atoms with van der Waals surface area (Å²) in [6.45, 7) is 4.08. The van der Waals surface area contributed by atoms with E-state index in [4.69, 9.17) is 0 Å². The molecule has 0 bridgehead atoms. The molecule has 0 saturated carbocycles. The number of hydrogen-bond donors (Lipinski definition) is 1. The van der Waals surface area contributed by atoms with Crippen LogP contribution in [-0.4, -0.2) is 64.0 Å². The fraction of sp³-hybridized carbons (Fsp3) is 0.480. The summed E-state index contributed by atoms with van der Waals surface area (Å²) in [6.07, 6.45) is 4.65. The number of ketones is 1. The normalized spacial score (nSPS) is 20.4. The maximum absolute atomic E-state index is 13.1. The van der Waals surface area contributed by atoms with Crippen LogP contribution in [0.5, 0.6) is 0 Å². The molecule has 0 radical (unpaired) electrons. The van der Waals surface area contributed by atoms with Crippen molar-refractivity contribution < 1.29 is 21.6 Å². The van der Waals surface area contributed by atoms with Gasteiger partial charge in [0.1, 0.15) is 0 Å². The van der Waals surface area contributed by atoms with Crippen molar-refractivity contribution in [2.45, 2.75) is 48.8 Å². The monoisotopic (exact) mass is 519 g/mol. The Morgan fingerprint density at radius 1 is 0.857 bits per heavy atom. The number of rotatable bonds is 8.